The first-order valence-electron chi connectivity index (χ1n) is 7.77. The molecular weight excluding hydrogens is 266 g/mol. The van der Waals surface area contributed by atoms with Crippen molar-refractivity contribution in [3.05, 3.63) is 24.5 Å². The van der Waals surface area contributed by atoms with Gasteiger partial charge in [0.25, 0.3) is 0 Å². The van der Waals surface area contributed by atoms with Crippen LogP contribution in [0, 0.1) is 0 Å². The van der Waals surface area contributed by atoms with E-state index in [4.69, 9.17) is 4.74 Å². The minimum atomic E-state index is 0.710. The monoisotopic (exact) mass is 287 g/mol. The lowest BCUT2D eigenvalue weighted by Gasteiger charge is -2.40. The standard InChI is InChI=1S/C15H21N5O/c1-2-15(17-20-8-5-16-14(1)20)19-6-3-13(4-7-19)18-9-11-21-12-10-18/h1-2,5,8,13H,3-4,6-7,9-12H2. The molecule has 0 bridgehead atoms. The molecule has 2 aliphatic rings. The second-order valence-electron chi connectivity index (χ2n) is 5.79. The van der Waals surface area contributed by atoms with E-state index in [9.17, 15) is 0 Å². The van der Waals surface area contributed by atoms with Crippen molar-refractivity contribution in [2.75, 3.05) is 44.3 Å². The summed E-state index contributed by atoms with van der Waals surface area (Å²) in [7, 11) is 0. The molecule has 0 saturated carbocycles. The number of imidazole rings is 1. The molecule has 0 unspecified atom stereocenters. The van der Waals surface area contributed by atoms with Crippen LogP contribution in [-0.2, 0) is 4.74 Å². The number of anilines is 1. The van der Waals surface area contributed by atoms with Gasteiger partial charge in [0.1, 0.15) is 5.82 Å². The summed E-state index contributed by atoms with van der Waals surface area (Å²) in [5.74, 6) is 1.06. The molecule has 6 heteroatoms. The summed E-state index contributed by atoms with van der Waals surface area (Å²) in [6.45, 7) is 6.11. The Kier molecular flexibility index (Phi) is 3.48. The Hall–Kier alpha value is -1.66. The first kappa shape index (κ1) is 13.0. The van der Waals surface area contributed by atoms with E-state index >= 15 is 0 Å². The lowest BCUT2D eigenvalue weighted by atomic mass is 10.0. The number of morpholine rings is 1. The van der Waals surface area contributed by atoms with Gasteiger partial charge in [0, 0.05) is 44.6 Å². The van der Waals surface area contributed by atoms with Gasteiger partial charge in [-0.1, -0.05) is 0 Å². The molecule has 0 N–H and O–H groups in total. The number of nitrogens with zero attached hydrogens (tertiary/aromatic N) is 5. The molecule has 0 atom stereocenters. The van der Waals surface area contributed by atoms with Gasteiger partial charge in [0.2, 0.25) is 0 Å². The Labute approximate surface area is 124 Å². The number of aromatic nitrogens is 3. The molecule has 6 nitrogen and oxygen atoms in total. The predicted molar refractivity (Wildman–Crippen MR) is 80.6 cm³/mol. The smallest absolute Gasteiger partial charge is 0.153 e. The summed E-state index contributed by atoms with van der Waals surface area (Å²) < 4.78 is 7.29. The van der Waals surface area contributed by atoms with Crippen LogP contribution in [0.3, 0.4) is 0 Å². The highest BCUT2D eigenvalue weighted by Gasteiger charge is 2.26. The fourth-order valence-corrected chi connectivity index (χ4v) is 3.38. The van der Waals surface area contributed by atoms with E-state index in [1.165, 1.54) is 12.8 Å². The zero-order valence-corrected chi connectivity index (χ0v) is 12.2. The number of fused-ring (bicyclic) bond motifs is 1. The van der Waals surface area contributed by atoms with Crippen LogP contribution in [0.2, 0.25) is 0 Å². The lowest BCUT2D eigenvalue weighted by molar-refractivity contribution is 0.0114. The van der Waals surface area contributed by atoms with Crippen molar-refractivity contribution in [1.82, 2.24) is 19.5 Å². The largest absolute Gasteiger partial charge is 0.379 e. The van der Waals surface area contributed by atoms with Crippen molar-refractivity contribution < 1.29 is 4.74 Å². The molecule has 0 radical (unpaired) electrons. The second-order valence-corrected chi connectivity index (χ2v) is 5.79. The van der Waals surface area contributed by atoms with E-state index in [0.29, 0.717) is 6.04 Å². The lowest BCUT2D eigenvalue weighted by Crippen LogP contribution is -2.49. The molecule has 0 aliphatic carbocycles. The van der Waals surface area contributed by atoms with E-state index in [0.717, 1.165) is 50.9 Å². The number of hydrogen-bond donors (Lipinski definition) is 0. The molecule has 2 aromatic rings. The van der Waals surface area contributed by atoms with Crippen molar-refractivity contribution >= 4 is 11.5 Å². The van der Waals surface area contributed by atoms with Crippen LogP contribution in [0.15, 0.2) is 24.5 Å². The summed E-state index contributed by atoms with van der Waals surface area (Å²) in [6.07, 6.45) is 6.11. The van der Waals surface area contributed by atoms with Crippen LogP contribution in [0.5, 0.6) is 0 Å². The highest BCUT2D eigenvalue weighted by Crippen LogP contribution is 2.21. The molecule has 21 heavy (non-hydrogen) atoms. The van der Waals surface area contributed by atoms with E-state index in [-0.39, 0.29) is 0 Å². The second kappa shape index (κ2) is 5.61. The minimum absolute atomic E-state index is 0.710. The maximum Gasteiger partial charge on any atom is 0.153 e. The molecule has 0 aromatic carbocycles. The molecular formula is C15H21N5O. The first-order chi connectivity index (χ1) is 10.4. The van der Waals surface area contributed by atoms with Crippen molar-refractivity contribution in [3.63, 3.8) is 0 Å². The van der Waals surface area contributed by atoms with Gasteiger partial charge in [-0.3, -0.25) is 4.90 Å². The molecule has 2 aromatic heterocycles. The van der Waals surface area contributed by atoms with E-state index in [2.05, 4.69) is 25.9 Å². The molecule has 112 valence electrons. The molecule has 0 amide bonds. The topological polar surface area (TPSA) is 45.9 Å². The van der Waals surface area contributed by atoms with Gasteiger partial charge >= 0.3 is 0 Å². The number of piperidine rings is 1. The van der Waals surface area contributed by atoms with Crippen molar-refractivity contribution in [2.24, 2.45) is 0 Å². The van der Waals surface area contributed by atoms with Crippen LogP contribution < -0.4 is 4.90 Å². The minimum Gasteiger partial charge on any atom is -0.379 e. The first-order valence-corrected chi connectivity index (χ1v) is 7.77. The normalized spacial score (nSPS) is 22.0. The Morgan fingerprint density at radius 3 is 2.67 bits per heavy atom. The highest BCUT2D eigenvalue weighted by molar-refractivity contribution is 5.46. The van der Waals surface area contributed by atoms with Crippen molar-refractivity contribution in [3.8, 4) is 0 Å². The van der Waals surface area contributed by atoms with Gasteiger partial charge in [-0.2, -0.15) is 0 Å². The Morgan fingerprint density at radius 2 is 1.86 bits per heavy atom. The number of ether oxygens (including phenoxy) is 1. The third kappa shape index (κ3) is 2.61. The average molecular weight is 287 g/mol. The molecule has 4 rings (SSSR count). The summed E-state index contributed by atoms with van der Waals surface area (Å²) in [6, 6.07) is 4.83. The fourth-order valence-electron chi connectivity index (χ4n) is 3.38. The van der Waals surface area contributed by atoms with Gasteiger partial charge in [0.05, 0.1) is 13.2 Å². The summed E-state index contributed by atoms with van der Waals surface area (Å²) in [5, 5.41) is 4.64. The van der Waals surface area contributed by atoms with E-state index in [1.54, 1.807) is 6.20 Å². The summed E-state index contributed by atoms with van der Waals surface area (Å²) >= 11 is 0. The third-order valence-corrected chi connectivity index (χ3v) is 4.59. The zero-order chi connectivity index (χ0) is 14.1. The maximum atomic E-state index is 5.44. The van der Waals surface area contributed by atoms with Crippen LogP contribution in [0.1, 0.15) is 12.8 Å². The quantitative estimate of drug-likeness (QED) is 0.825. The summed E-state index contributed by atoms with van der Waals surface area (Å²) in [5.41, 5.74) is 0.905. The predicted octanol–water partition coefficient (Wildman–Crippen LogP) is 1.03. The van der Waals surface area contributed by atoms with Gasteiger partial charge in [-0.15, -0.1) is 5.10 Å². The van der Waals surface area contributed by atoms with Crippen LogP contribution in [0.25, 0.3) is 5.65 Å². The highest BCUT2D eigenvalue weighted by atomic mass is 16.5. The third-order valence-electron chi connectivity index (χ3n) is 4.59. The Morgan fingerprint density at radius 1 is 1.05 bits per heavy atom. The van der Waals surface area contributed by atoms with Gasteiger partial charge in [0.15, 0.2) is 5.65 Å². The van der Waals surface area contributed by atoms with Crippen LogP contribution in [0.4, 0.5) is 5.82 Å². The van der Waals surface area contributed by atoms with Crippen molar-refractivity contribution in [1.29, 1.82) is 0 Å². The van der Waals surface area contributed by atoms with Crippen molar-refractivity contribution in [2.45, 2.75) is 18.9 Å². The Bertz CT molecular complexity index is 599. The van der Waals surface area contributed by atoms with Gasteiger partial charge in [-0.25, -0.2) is 9.50 Å². The van der Waals surface area contributed by atoms with Gasteiger partial charge < -0.3 is 9.64 Å². The van der Waals surface area contributed by atoms with Crippen LogP contribution >= 0.6 is 0 Å². The van der Waals surface area contributed by atoms with E-state index in [1.807, 2.05) is 16.8 Å². The zero-order valence-electron chi connectivity index (χ0n) is 12.2. The molecule has 4 heterocycles. The SMILES string of the molecule is c1cn2nc(N3CCC(N4CCOCC4)CC3)ccc2n1. The van der Waals surface area contributed by atoms with Gasteiger partial charge in [-0.05, 0) is 25.0 Å². The number of rotatable bonds is 2. The summed E-state index contributed by atoms with van der Waals surface area (Å²) in [4.78, 5) is 9.22. The van der Waals surface area contributed by atoms with E-state index < -0.39 is 0 Å². The number of hydrogen-bond acceptors (Lipinski definition) is 5. The average Bonchev–Trinajstić information content (AvgIpc) is 3.03. The maximum absolute atomic E-state index is 5.44. The fraction of sp³-hybridized carbons (Fsp3) is 0.600. The Balaban J connectivity index is 1.42. The molecule has 2 saturated heterocycles. The molecule has 2 fully saturated rings. The molecule has 2 aliphatic heterocycles. The van der Waals surface area contributed by atoms with Crippen LogP contribution in [-0.4, -0.2) is 64.9 Å². The molecule has 0 spiro atoms.